The van der Waals surface area contributed by atoms with Gasteiger partial charge in [0, 0.05) is 24.4 Å². The fourth-order valence-electron chi connectivity index (χ4n) is 1.93. The first-order valence-corrected chi connectivity index (χ1v) is 8.34. The maximum atomic E-state index is 12.4. The lowest BCUT2D eigenvalue weighted by Gasteiger charge is -2.07. The molecule has 0 radical (unpaired) electrons. The molecule has 5 heteroatoms. The molecule has 0 atom stereocenters. The Bertz CT molecular complexity index is 797. The zero-order chi connectivity index (χ0) is 14.1. The average molecular weight is 411 g/mol. The molecule has 0 saturated heterocycles. The van der Waals surface area contributed by atoms with Crippen molar-refractivity contribution in [2.75, 3.05) is 5.32 Å². The molecule has 0 aliphatic rings. The van der Waals surface area contributed by atoms with E-state index >= 15 is 0 Å². The van der Waals surface area contributed by atoms with Crippen LogP contribution in [-0.4, -0.2) is 5.91 Å². The Morgan fingerprint density at radius 2 is 1.90 bits per heavy atom. The van der Waals surface area contributed by atoms with Crippen LogP contribution in [0.2, 0.25) is 0 Å². The minimum absolute atomic E-state index is 0.0922. The summed E-state index contributed by atoms with van der Waals surface area (Å²) in [5.74, 6) is -0.0922. The molecule has 1 heterocycles. The van der Waals surface area contributed by atoms with Crippen LogP contribution >= 0.6 is 43.2 Å². The Hall–Kier alpha value is -1.17. The van der Waals surface area contributed by atoms with E-state index < -0.39 is 0 Å². The van der Waals surface area contributed by atoms with Crippen molar-refractivity contribution < 1.29 is 4.79 Å². The molecule has 0 aliphatic heterocycles. The Balaban J connectivity index is 1.93. The van der Waals surface area contributed by atoms with Crippen LogP contribution in [0.25, 0.3) is 10.1 Å². The highest BCUT2D eigenvalue weighted by molar-refractivity contribution is 9.11. The van der Waals surface area contributed by atoms with E-state index in [-0.39, 0.29) is 5.91 Å². The van der Waals surface area contributed by atoms with Gasteiger partial charge < -0.3 is 5.32 Å². The summed E-state index contributed by atoms with van der Waals surface area (Å²) >= 11 is 8.42. The van der Waals surface area contributed by atoms with Crippen LogP contribution in [0.5, 0.6) is 0 Å². The van der Waals surface area contributed by atoms with Crippen molar-refractivity contribution >= 4 is 64.9 Å². The number of anilines is 1. The lowest BCUT2D eigenvalue weighted by Crippen LogP contribution is -2.11. The van der Waals surface area contributed by atoms with Gasteiger partial charge >= 0.3 is 0 Å². The van der Waals surface area contributed by atoms with Crippen LogP contribution in [-0.2, 0) is 0 Å². The van der Waals surface area contributed by atoms with Crippen molar-refractivity contribution in [1.82, 2.24) is 0 Å². The van der Waals surface area contributed by atoms with Gasteiger partial charge in [0.25, 0.3) is 5.91 Å². The van der Waals surface area contributed by atoms with Gasteiger partial charge in [0.15, 0.2) is 0 Å². The second-order valence-corrected chi connectivity index (χ2v) is 6.91. The third-order valence-electron chi connectivity index (χ3n) is 2.90. The molecular weight excluding hydrogens is 402 g/mol. The molecule has 3 aromatic rings. The Morgan fingerprint density at radius 1 is 1.10 bits per heavy atom. The van der Waals surface area contributed by atoms with Crippen molar-refractivity contribution in [3.05, 3.63) is 62.4 Å². The fourth-order valence-corrected chi connectivity index (χ4v) is 4.02. The normalized spacial score (nSPS) is 10.7. The van der Waals surface area contributed by atoms with E-state index in [0.29, 0.717) is 5.56 Å². The van der Waals surface area contributed by atoms with Crippen LogP contribution in [0.3, 0.4) is 0 Å². The third-order valence-corrected chi connectivity index (χ3v) is 5.02. The third kappa shape index (κ3) is 2.66. The van der Waals surface area contributed by atoms with Crippen molar-refractivity contribution in [3.8, 4) is 0 Å². The maximum Gasteiger partial charge on any atom is 0.257 e. The second kappa shape index (κ2) is 5.68. The van der Waals surface area contributed by atoms with Gasteiger partial charge in [-0.2, -0.15) is 0 Å². The first kappa shape index (κ1) is 13.8. The van der Waals surface area contributed by atoms with E-state index in [1.54, 1.807) is 11.3 Å². The minimum Gasteiger partial charge on any atom is -0.321 e. The summed E-state index contributed by atoms with van der Waals surface area (Å²) in [6.45, 7) is 0. The van der Waals surface area contributed by atoms with Crippen LogP contribution < -0.4 is 5.32 Å². The molecule has 0 bridgehead atoms. The standard InChI is InChI=1S/C15H9Br2NOS/c16-9-5-6-13(12(17)7-9)18-15(19)11-8-20-14-4-2-1-3-10(11)14/h1-8H,(H,18,19). The molecule has 1 amide bonds. The average Bonchev–Trinajstić information content (AvgIpc) is 2.86. The fraction of sp³-hybridized carbons (Fsp3) is 0. The summed E-state index contributed by atoms with van der Waals surface area (Å²) in [6, 6.07) is 13.6. The molecule has 2 nitrogen and oxygen atoms in total. The largest absolute Gasteiger partial charge is 0.321 e. The molecule has 20 heavy (non-hydrogen) atoms. The highest BCUT2D eigenvalue weighted by atomic mass is 79.9. The van der Waals surface area contributed by atoms with Gasteiger partial charge in [0.1, 0.15) is 0 Å². The van der Waals surface area contributed by atoms with E-state index in [0.717, 1.165) is 24.7 Å². The first-order valence-electron chi connectivity index (χ1n) is 5.88. The van der Waals surface area contributed by atoms with E-state index in [9.17, 15) is 4.79 Å². The zero-order valence-electron chi connectivity index (χ0n) is 10.2. The number of hydrogen-bond acceptors (Lipinski definition) is 2. The summed E-state index contributed by atoms with van der Waals surface area (Å²) in [5, 5.41) is 5.82. The number of carbonyl (C=O) groups is 1. The Morgan fingerprint density at radius 3 is 2.70 bits per heavy atom. The van der Waals surface area contributed by atoms with Gasteiger partial charge in [0.05, 0.1) is 11.3 Å². The first-order chi connectivity index (χ1) is 9.65. The number of halogens is 2. The summed E-state index contributed by atoms with van der Waals surface area (Å²) in [5.41, 5.74) is 1.47. The van der Waals surface area contributed by atoms with Crippen LogP contribution in [0.4, 0.5) is 5.69 Å². The molecule has 0 saturated carbocycles. The number of fused-ring (bicyclic) bond motifs is 1. The number of carbonyl (C=O) groups excluding carboxylic acids is 1. The second-order valence-electron chi connectivity index (χ2n) is 4.22. The summed E-state index contributed by atoms with van der Waals surface area (Å²) in [7, 11) is 0. The predicted octanol–water partition coefficient (Wildman–Crippen LogP) is 5.68. The maximum absolute atomic E-state index is 12.4. The minimum atomic E-state index is -0.0922. The monoisotopic (exact) mass is 409 g/mol. The van der Waals surface area contributed by atoms with E-state index in [2.05, 4.69) is 37.2 Å². The Kier molecular flexibility index (Phi) is 3.92. The topological polar surface area (TPSA) is 29.1 Å². The lowest BCUT2D eigenvalue weighted by molar-refractivity contribution is 0.102. The quantitative estimate of drug-likeness (QED) is 0.578. The molecule has 3 rings (SSSR count). The molecule has 0 fully saturated rings. The zero-order valence-corrected chi connectivity index (χ0v) is 14.2. The molecule has 100 valence electrons. The molecule has 0 aliphatic carbocycles. The van der Waals surface area contributed by atoms with Crippen LogP contribution in [0, 0.1) is 0 Å². The molecular formula is C15H9Br2NOS. The summed E-state index contributed by atoms with van der Waals surface area (Å²) in [4.78, 5) is 12.4. The number of benzene rings is 2. The smallest absolute Gasteiger partial charge is 0.257 e. The SMILES string of the molecule is O=C(Nc1ccc(Br)cc1Br)c1csc2ccccc12. The predicted molar refractivity (Wildman–Crippen MR) is 91.6 cm³/mol. The number of thiophene rings is 1. The number of hydrogen-bond donors (Lipinski definition) is 1. The number of amides is 1. The van der Waals surface area contributed by atoms with E-state index in [1.165, 1.54) is 0 Å². The van der Waals surface area contributed by atoms with Crippen molar-refractivity contribution in [2.45, 2.75) is 0 Å². The van der Waals surface area contributed by atoms with Gasteiger partial charge in [-0.3, -0.25) is 4.79 Å². The van der Waals surface area contributed by atoms with Crippen molar-refractivity contribution in [2.24, 2.45) is 0 Å². The van der Waals surface area contributed by atoms with Gasteiger partial charge in [-0.25, -0.2) is 0 Å². The van der Waals surface area contributed by atoms with E-state index in [4.69, 9.17) is 0 Å². The molecule has 1 N–H and O–H groups in total. The molecule has 0 unspecified atom stereocenters. The summed E-state index contributed by atoms with van der Waals surface area (Å²) < 4.78 is 2.93. The summed E-state index contributed by atoms with van der Waals surface area (Å²) in [6.07, 6.45) is 0. The highest BCUT2D eigenvalue weighted by Crippen LogP contribution is 2.29. The highest BCUT2D eigenvalue weighted by Gasteiger charge is 2.13. The molecule has 0 spiro atoms. The van der Waals surface area contributed by atoms with Crippen LogP contribution in [0.1, 0.15) is 10.4 Å². The van der Waals surface area contributed by atoms with Crippen molar-refractivity contribution in [3.63, 3.8) is 0 Å². The van der Waals surface area contributed by atoms with Gasteiger partial charge in [0.2, 0.25) is 0 Å². The van der Waals surface area contributed by atoms with Crippen molar-refractivity contribution in [1.29, 1.82) is 0 Å². The Labute approximate surface area is 137 Å². The van der Waals surface area contributed by atoms with E-state index in [1.807, 2.05) is 47.8 Å². The van der Waals surface area contributed by atoms with Gasteiger partial charge in [-0.15, -0.1) is 11.3 Å². The van der Waals surface area contributed by atoms with Crippen LogP contribution in [0.15, 0.2) is 56.8 Å². The van der Waals surface area contributed by atoms with Gasteiger partial charge in [-0.05, 0) is 40.2 Å². The van der Waals surface area contributed by atoms with Gasteiger partial charge in [-0.1, -0.05) is 34.1 Å². The lowest BCUT2D eigenvalue weighted by atomic mass is 10.1. The molecule has 2 aromatic carbocycles. The molecule has 1 aromatic heterocycles. The number of nitrogens with one attached hydrogen (secondary N) is 1. The number of rotatable bonds is 2.